The van der Waals surface area contributed by atoms with E-state index in [0.29, 0.717) is 13.1 Å². The first-order valence-electron chi connectivity index (χ1n) is 6.29. The number of nitrogen functional groups attached to an aromatic ring is 1. The van der Waals surface area contributed by atoms with E-state index < -0.39 is 15.6 Å². The zero-order chi connectivity index (χ0) is 14.1. The number of sulfonamides is 1. The summed E-state index contributed by atoms with van der Waals surface area (Å²) in [5.41, 5.74) is 5.64. The fraction of sp³-hybridized carbons (Fsp3) is 0.538. The zero-order valence-electron chi connectivity index (χ0n) is 11.3. The van der Waals surface area contributed by atoms with E-state index in [1.807, 2.05) is 6.92 Å². The number of para-hydroxylation sites is 1. The highest BCUT2D eigenvalue weighted by Crippen LogP contribution is 2.30. The third kappa shape index (κ3) is 2.75. The highest BCUT2D eigenvalue weighted by Gasteiger charge is 2.37. The number of rotatable bonds is 3. The summed E-state index contributed by atoms with van der Waals surface area (Å²) in [6.07, 6.45) is 1.65. The third-order valence-corrected chi connectivity index (χ3v) is 5.57. The summed E-state index contributed by atoms with van der Waals surface area (Å²) >= 11 is 0. The Hall–Kier alpha value is -1.11. The third-order valence-electron chi connectivity index (χ3n) is 3.65. The molecule has 0 aliphatic carbocycles. The molecule has 2 rings (SSSR count). The van der Waals surface area contributed by atoms with Crippen molar-refractivity contribution in [2.75, 3.05) is 25.9 Å². The highest BCUT2D eigenvalue weighted by molar-refractivity contribution is 7.89. The van der Waals surface area contributed by atoms with Crippen LogP contribution in [0.4, 0.5) is 5.69 Å². The van der Waals surface area contributed by atoms with Crippen LogP contribution in [0.5, 0.6) is 0 Å². The highest BCUT2D eigenvalue weighted by atomic mass is 32.2. The van der Waals surface area contributed by atoms with Crippen LogP contribution in [0.3, 0.4) is 0 Å². The second-order valence-corrected chi connectivity index (χ2v) is 7.04. The van der Waals surface area contributed by atoms with Gasteiger partial charge in [-0.2, -0.15) is 4.31 Å². The van der Waals surface area contributed by atoms with Gasteiger partial charge in [0.25, 0.3) is 0 Å². The van der Waals surface area contributed by atoms with Crippen molar-refractivity contribution in [2.24, 2.45) is 0 Å². The van der Waals surface area contributed by atoms with Crippen LogP contribution in [0.2, 0.25) is 0 Å². The van der Waals surface area contributed by atoms with Crippen molar-refractivity contribution in [3.63, 3.8) is 0 Å². The Morgan fingerprint density at radius 2 is 2.05 bits per heavy atom. The van der Waals surface area contributed by atoms with Gasteiger partial charge in [0.05, 0.1) is 11.3 Å². The zero-order valence-corrected chi connectivity index (χ0v) is 12.1. The van der Waals surface area contributed by atoms with E-state index >= 15 is 0 Å². The fourth-order valence-corrected chi connectivity index (χ4v) is 4.09. The molecule has 106 valence electrons. The lowest BCUT2D eigenvalue weighted by Gasteiger charge is -2.38. The summed E-state index contributed by atoms with van der Waals surface area (Å²) < 4.78 is 32.1. The molecule has 0 aromatic heterocycles. The number of ether oxygens (including phenoxy) is 1. The molecule has 1 heterocycles. The Morgan fingerprint density at radius 1 is 1.37 bits per heavy atom. The number of nitrogens with zero attached hydrogens (tertiary/aromatic N) is 1. The minimum atomic E-state index is -3.55. The molecule has 1 aliphatic heterocycles. The summed E-state index contributed by atoms with van der Waals surface area (Å²) in [6.45, 7) is 2.80. The van der Waals surface area contributed by atoms with E-state index in [1.54, 1.807) is 31.4 Å². The minimum absolute atomic E-state index is 0.176. The SMILES string of the molecule is COC1(C)CCCN(S(=O)(=O)c2ccccc2N)C1. The molecule has 1 atom stereocenters. The van der Waals surface area contributed by atoms with Crippen molar-refractivity contribution in [3.05, 3.63) is 24.3 Å². The first-order chi connectivity index (χ1) is 8.89. The van der Waals surface area contributed by atoms with Crippen LogP contribution in [0.25, 0.3) is 0 Å². The number of methoxy groups -OCH3 is 1. The van der Waals surface area contributed by atoms with Crippen molar-refractivity contribution in [1.82, 2.24) is 4.31 Å². The number of hydrogen-bond acceptors (Lipinski definition) is 4. The molecule has 0 spiro atoms. The van der Waals surface area contributed by atoms with Crippen molar-refractivity contribution < 1.29 is 13.2 Å². The van der Waals surface area contributed by atoms with Gasteiger partial charge >= 0.3 is 0 Å². The van der Waals surface area contributed by atoms with Crippen LogP contribution in [0, 0.1) is 0 Å². The molecule has 5 nitrogen and oxygen atoms in total. The minimum Gasteiger partial charge on any atom is -0.398 e. The molecule has 0 radical (unpaired) electrons. The van der Waals surface area contributed by atoms with E-state index in [2.05, 4.69) is 0 Å². The van der Waals surface area contributed by atoms with Crippen LogP contribution in [0.1, 0.15) is 19.8 Å². The maximum atomic E-state index is 12.6. The number of piperidine rings is 1. The Morgan fingerprint density at radius 3 is 2.68 bits per heavy atom. The van der Waals surface area contributed by atoms with Crippen LogP contribution in [-0.2, 0) is 14.8 Å². The van der Waals surface area contributed by atoms with E-state index in [-0.39, 0.29) is 10.6 Å². The summed E-state index contributed by atoms with van der Waals surface area (Å²) in [6, 6.07) is 6.56. The number of benzene rings is 1. The Kier molecular flexibility index (Phi) is 3.85. The summed E-state index contributed by atoms with van der Waals surface area (Å²) in [5, 5.41) is 0. The first-order valence-corrected chi connectivity index (χ1v) is 7.73. The van der Waals surface area contributed by atoms with Crippen molar-refractivity contribution >= 4 is 15.7 Å². The number of anilines is 1. The molecular formula is C13H20N2O3S. The molecule has 6 heteroatoms. The molecule has 1 aliphatic rings. The van der Waals surface area contributed by atoms with Crippen molar-refractivity contribution in [2.45, 2.75) is 30.3 Å². The Bertz CT molecular complexity index is 559. The lowest BCUT2D eigenvalue weighted by atomic mass is 9.96. The molecule has 1 fully saturated rings. The van der Waals surface area contributed by atoms with Gasteiger partial charge in [0, 0.05) is 20.2 Å². The van der Waals surface area contributed by atoms with Gasteiger partial charge in [-0.15, -0.1) is 0 Å². The second kappa shape index (κ2) is 5.11. The Labute approximate surface area is 114 Å². The van der Waals surface area contributed by atoms with Crippen LogP contribution in [0.15, 0.2) is 29.2 Å². The summed E-state index contributed by atoms with van der Waals surface area (Å²) in [5.74, 6) is 0. The molecule has 0 amide bonds. The van der Waals surface area contributed by atoms with Gasteiger partial charge in [-0.3, -0.25) is 0 Å². The predicted octanol–water partition coefficient (Wildman–Crippen LogP) is 1.46. The van der Waals surface area contributed by atoms with Gasteiger partial charge in [0.15, 0.2) is 0 Å². The van der Waals surface area contributed by atoms with Crippen LogP contribution < -0.4 is 5.73 Å². The average molecular weight is 284 g/mol. The average Bonchev–Trinajstić information content (AvgIpc) is 2.39. The molecule has 1 aromatic carbocycles. The molecule has 1 saturated heterocycles. The maximum Gasteiger partial charge on any atom is 0.245 e. The van der Waals surface area contributed by atoms with Crippen LogP contribution in [-0.4, -0.2) is 38.5 Å². The van der Waals surface area contributed by atoms with Gasteiger partial charge in [-0.1, -0.05) is 12.1 Å². The molecular weight excluding hydrogens is 264 g/mol. The van der Waals surface area contributed by atoms with Crippen molar-refractivity contribution in [3.8, 4) is 0 Å². The standard InChI is InChI=1S/C13H20N2O3S/c1-13(18-2)8-5-9-15(10-13)19(16,17)12-7-4-3-6-11(12)14/h3-4,6-7H,5,8-10,14H2,1-2H3. The van der Waals surface area contributed by atoms with Gasteiger partial charge < -0.3 is 10.5 Å². The molecule has 2 N–H and O–H groups in total. The van der Waals surface area contributed by atoms with E-state index in [0.717, 1.165) is 12.8 Å². The quantitative estimate of drug-likeness (QED) is 0.853. The predicted molar refractivity (Wildman–Crippen MR) is 74.3 cm³/mol. The number of nitrogens with two attached hydrogens (primary N) is 1. The second-order valence-electron chi connectivity index (χ2n) is 5.13. The van der Waals surface area contributed by atoms with Gasteiger partial charge in [-0.25, -0.2) is 8.42 Å². The maximum absolute atomic E-state index is 12.6. The molecule has 1 aromatic rings. The lowest BCUT2D eigenvalue weighted by Crippen LogP contribution is -2.49. The van der Waals surface area contributed by atoms with E-state index in [4.69, 9.17) is 10.5 Å². The van der Waals surface area contributed by atoms with Gasteiger partial charge in [0.1, 0.15) is 4.90 Å². The van der Waals surface area contributed by atoms with Crippen LogP contribution >= 0.6 is 0 Å². The normalized spacial score (nSPS) is 25.4. The number of hydrogen-bond donors (Lipinski definition) is 1. The summed E-state index contributed by atoms with van der Waals surface area (Å²) in [4.78, 5) is 0.176. The lowest BCUT2D eigenvalue weighted by molar-refractivity contribution is -0.0319. The monoisotopic (exact) mass is 284 g/mol. The van der Waals surface area contributed by atoms with Crippen molar-refractivity contribution in [1.29, 1.82) is 0 Å². The fourth-order valence-electron chi connectivity index (χ4n) is 2.39. The van der Waals surface area contributed by atoms with Gasteiger partial charge in [0.2, 0.25) is 10.0 Å². The Balaban J connectivity index is 2.33. The largest absolute Gasteiger partial charge is 0.398 e. The molecule has 19 heavy (non-hydrogen) atoms. The first kappa shape index (κ1) is 14.3. The van der Waals surface area contributed by atoms with E-state index in [9.17, 15) is 8.42 Å². The molecule has 0 bridgehead atoms. The van der Waals surface area contributed by atoms with E-state index in [1.165, 1.54) is 4.31 Å². The topological polar surface area (TPSA) is 72.6 Å². The summed E-state index contributed by atoms with van der Waals surface area (Å²) in [7, 11) is -1.93. The smallest absolute Gasteiger partial charge is 0.245 e. The van der Waals surface area contributed by atoms with Gasteiger partial charge in [-0.05, 0) is 31.9 Å². The molecule has 0 saturated carbocycles. The molecule has 1 unspecified atom stereocenters.